The zero-order valence-corrected chi connectivity index (χ0v) is 25.4. The van der Waals surface area contributed by atoms with Crippen molar-refractivity contribution in [2.75, 3.05) is 46.3 Å². The minimum absolute atomic E-state index is 0.00596. The second-order valence-electron chi connectivity index (χ2n) is 11.5. The number of carbonyl (C=O) groups is 4. The monoisotopic (exact) mass is 659 g/mol. The van der Waals surface area contributed by atoms with Crippen molar-refractivity contribution in [3.63, 3.8) is 0 Å². The summed E-state index contributed by atoms with van der Waals surface area (Å²) >= 11 is 0. The van der Waals surface area contributed by atoms with Crippen LogP contribution in [0.25, 0.3) is 0 Å². The summed E-state index contributed by atoms with van der Waals surface area (Å²) in [6.07, 6.45) is -5.31. The fourth-order valence-electron chi connectivity index (χ4n) is 5.62. The number of likely N-dealkylation sites (N-methyl/N-ethyl adjacent to an activating group) is 1. The van der Waals surface area contributed by atoms with Gasteiger partial charge in [-0.25, -0.2) is 0 Å². The van der Waals surface area contributed by atoms with Crippen LogP contribution < -0.4 is 16.8 Å². The van der Waals surface area contributed by atoms with Crippen molar-refractivity contribution in [3.05, 3.63) is 59.2 Å². The van der Waals surface area contributed by atoms with Crippen LogP contribution in [-0.2, 0) is 20.6 Å². The minimum Gasteiger partial charge on any atom is -0.354 e. The van der Waals surface area contributed by atoms with E-state index in [1.165, 1.54) is 22.9 Å². The van der Waals surface area contributed by atoms with E-state index in [4.69, 9.17) is 11.5 Å². The van der Waals surface area contributed by atoms with Crippen molar-refractivity contribution in [2.24, 2.45) is 35.1 Å². The van der Waals surface area contributed by atoms with Gasteiger partial charge in [-0.1, -0.05) is 18.2 Å². The average molecular weight is 660 g/mol. The Morgan fingerprint density at radius 1 is 0.978 bits per heavy atom. The van der Waals surface area contributed by atoms with Crippen molar-refractivity contribution in [1.82, 2.24) is 15.1 Å². The molecule has 1 saturated carbocycles. The van der Waals surface area contributed by atoms with E-state index in [1.807, 2.05) is 0 Å². The summed E-state index contributed by atoms with van der Waals surface area (Å²) in [7, 11) is 1.41. The molecule has 2 aliphatic rings. The number of nitrogens with zero attached hydrogens (tertiary/aromatic N) is 2. The Balaban J connectivity index is 1.64. The van der Waals surface area contributed by atoms with Gasteiger partial charge in [0, 0.05) is 76.1 Å². The number of alkyl halides is 6. The van der Waals surface area contributed by atoms with E-state index in [2.05, 4.69) is 5.32 Å². The summed E-state index contributed by atoms with van der Waals surface area (Å²) in [4.78, 5) is 54.3. The molecule has 4 atom stereocenters. The van der Waals surface area contributed by atoms with Crippen LogP contribution in [0, 0.1) is 23.7 Å². The third-order valence-corrected chi connectivity index (χ3v) is 8.23. The Morgan fingerprint density at radius 2 is 1.61 bits per heavy atom. The molecule has 0 aliphatic heterocycles. The van der Waals surface area contributed by atoms with E-state index in [1.54, 1.807) is 0 Å². The fourth-order valence-corrected chi connectivity index (χ4v) is 5.62. The summed E-state index contributed by atoms with van der Waals surface area (Å²) in [6, 6.07) is 3.71. The molecule has 9 nitrogen and oxygen atoms in total. The molecule has 0 spiro atoms. The van der Waals surface area contributed by atoms with Crippen LogP contribution in [0.2, 0.25) is 0 Å². The number of hydrogen-bond donors (Lipinski definition) is 3. The first kappa shape index (κ1) is 36.7. The minimum atomic E-state index is -4.55. The second-order valence-corrected chi connectivity index (χ2v) is 11.5. The number of carbonyl (C=O) groups excluding carboxylic acids is 4. The van der Waals surface area contributed by atoms with E-state index >= 15 is 0 Å². The van der Waals surface area contributed by atoms with Gasteiger partial charge in [0.25, 0.3) is 5.91 Å². The molecule has 5 N–H and O–H groups in total. The lowest BCUT2D eigenvalue weighted by molar-refractivity contribution is -0.137. The fraction of sp³-hybridized carbons (Fsp3) is 0.548. The van der Waals surface area contributed by atoms with E-state index in [0.717, 1.165) is 36.4 Å². The average Bonchev–Trinajstić information content (AvgIpc) is 3.65. The molecular formula is C31H39F6N5O4. The van der Waals surface area contributed by atoms with Gasteiger partial charge in [0.05, 0.1) is 11.1 Å². The molecule has 0 bridgehead atoms. The number of ketones is 1. The molecule has 3 amide bonds. The van der Waals surface area contributed by atoms with Gasteiger partial charge in [-0.2, -0.15) is 26.3 Å². The highest BCUT2D eigenvalue weighted by atomic mass is 19.4. The number of amides is 3. The predicted molar refractivity (Wildman–Crippen MR) is 157 cm³/mol. The van der Waals surface area contributed by atoms with Gasteiger partial charge >= 0.3 is 12.4 Å². The van der Waals surface area contributed by atoms with Crippen molar-refractivity contribution in [1.29, 1.82) is 0 Å². The van der Waals surface area contributed by atoms with Crippen molar-refractivity contribution in [2.45, 2.75) is 38.0 Å². The van der Waals surface area contributed by atoms with Gasteiger partial charge in [-0.15, -0.1) is 0 Å². The van der Waals surface area contributed by atoms with Gasteiger partial charge < -0.3 is 26.6 Å². The highest BCUT2D eigenvalue weighted by Crippen LogP contribution is 2.46. The lowest BCUT2D eigenvalue weighted by Crippen LogP contribution is -2.40. The van der Waals surface area contributed by atoms with Crippen molar-refractivity contribution >= 4 is 23.5 Å². The molecule has 2 aliphatic carbocycles. The zero-order chi connectivity index (χ0) is 34.2. The normalized spacial score (nSPS) is 20.2. The molecule has 0 radical (unpaired) electrons. The van der Waals surface area contributed by atoms with Crippen molar-refractivity contribution in [3.8, 4) is 0 Å². The number of benzene rings is 1. The number of halogens is 6. The third kappa shape index (κ3) is 9.89. The molecule has 46 heavy (non-hydrogen) atoms. The Hall–Kier alpha value is -3.72. The maximum Gasteiger partial charge on any atom is 0.416 e. The summed E-state index contributed by atoms with van der Waals surface area (Å²) < 4.78 is 77.8. The van der Waals surface area contributed by atoms with Gasteiger partial charge in [-0.3, -0.25) is 19.2 Å². The number of nitrogens with two attached hydrogens (primary N) is 2. The lowest BCUT2D eigenvalue weighted by Gasteiger charge is -2.24. The standard InChI is InChI=1S/C31H39F6N5O4/c1-41(29(46)20-4-8-22(9-5-20)31(35,36)37)17-14-40-28(45)24(18-19-2-6-21(7-3-19)30(32,33)34)26-23(27(26)44)10-11-25(43)42(15-12-38)16-13-39/h2,4-9,19,23-24,26H,3,10-18,38-39H2,1H3,(H,40,45). The molecule has 4 unspecified atom stereocenters. The van der Waals surface area contributed by atoms with Crippen molar-refractivity contribution < 1.29 is 45.5 Å². The van der Waals surface area contributed by atoms with Crippen LogP contribution in [-0.4, -0.2) is 85.8 Å². The zero-order valence-electron chi connectivity index (χ0n) is 25.4. The predicted octanol–water partition coefficient (Wildman–Crippen LogP) is 3.31. The van der Waals surface area contributed by atoms with Crippen LogP contribution in [0.15, 0.2) is 48.1 Å². The van der Waals surface area contributed by atoms with Gasteiger partial charge in [0.1, 0.15) is 5.78 Å². The van der Waals surface area contributed by atoms with Gasteiger partial charge in [0.2, 0.25) is 11.8 Å². The van der Waals surface area contributed by atoms with Crippen LogP contribution in [0.5, 0.6) is 0 Å². The van der Waals surface area contributed by atoms with Crippen LogP contribution in [0.3, 0.4) is 0 Å². The van der Waals surface area contributed by atoms with E-state index < -0.39 is 59.0 Å². The molecule has 254 valence electrons. The summed E-state index contributed by atoms with van der Waals surface area (Å²) in [5.41, 5.74) is 9.46. The summed E-state index contributed by atoms with van der Waals surface area (Å²) in [5.74, 6) is -4.15. The number of nitrogens with one attached hydrogen (secondary N) is 1. The number of rotatable bonds is 15. The molecule has 0 aromatic heterocycles. The Bertz CT molecular complexity index is 1310. The second kappa shape index (κ2) is 15.7. The Morgan fingerprint density at radius 3 is 2.13 bits per heavy atom. The van der Waals surface area contributed by atoms with E-state index in [0.29, 0.717) is 13.1 Å². The highest BCUT2D eigenvalue weighted by Gasteiger charge is 2.55. The summed E-state index contributed by atoms with van der Waals surface area (Å²) in [6.45, 7) is 1.04. The SMILES string of the molecule is CN(CCNC(=O)C(CC1C=CC(C(F)(F)F)=CC1)C1C(=O)C1CCC(=O)N(CCN)CCN)C(=O)c1ccc(C(F)(F)F)cc1. The van der Waals surface area contributed by atoms with Gasteiger partial charge in [-0.05, 0) is 49.4 Å². The summed E-state index contributed by atoms with van der Waals surface area (Å²) in [5, 5.41) is 2.69. The quantitative estimate of drug-likeness (QED) is 0.247. The largest absolute Gasteiger partial charge is 0.416 e. The third-order valence-electron chi connectivity index (χ3n) is 8.23. The van der Waals surface area contributed by atoms with E-state index in [-0.39, 0.29) is 69.1 Å². The van der Waals surface area contributed by atoms with Crippen LogP contribution in [0.4, 0.5) is 26.3 Å². The van der Waals surface area contributed by atoms with Crippen LogP contribution >= 0.6 is 0 Å². The first-order valence-corrected chi connectivity index (χ1v) is 15.0. The molecule has 1 fully saturated rings. The Kier molecular flexibility index (Phi) is 12.6. The number of hydrogen-bond acceptors (Lipinski definition) is 6. The number of Topliss-reactive ketones (excluding diaryl/α,β-unsaturated/α-hetero) is 1. The Labute approximate surface area is 263 Å². The maximum atomic E-state index is 13.4. The van der Waals surface area contributed by atoms with Crippen LogP contribution in [0.1, 0.15) is 41.6 Å². The molecule has 1 aromatic rings. The maximum absolute atomic E-state index is 13.4. The molecule has 1 aromatic carbocycles. The molecule has 0 saturated heterocycles. The van der Waals surface area contributed by atoms with E-state index in [9.17, 15) is 45.5 Å². The highest BCUT2D eigenvalue weighted by molar-refractivity contribution is 6.03. The number of allylic oxidation sites excluding steroid dienone is 4. The molecule has 0 heterocycles. The smallest absolute Gasteiger partial charge is 0.354 e. The molecule has 15 heteroatoms. The first-order chi connectivity index (χ1) is 21.6. The first-order valence-electron chi connectivity index (χ1n) is 15.0. The van der Waals surface area contributed by atoms with Gasteiger partial charge in [0.15, 0.2) is 0 Å². The lowest BCUT2D eigenvalue weighted by atomic mass is 9.84. The topological polar surface area (TPSA) is 139 Å². The molecular weight excluding hydrogens is 620 g/mol. The molecule has 3 rings (SSSR count).